The first kappa shape index (κ1) is 59.9. The highest BCUT2D eigenvalue weighted by atomic mass is 19.4. The summed E-state index contributed by atoms with van der Waals surface area (Å²) in [6.07, 6.45) is -9.46. The van der Waals surface area contributed by atoms with Gasteiger partial charge >= 0.3 is 24.4 Å². The van der Waals surface area contributed by atoms with Gasteiger partial charge in [0.15, 0.2) is 17.5 Å². The molecule has 3 aliphatic heterocycles. The van der Waals surface area contributed by atoms with Crippen molar-refractivity contribution in [3.05, 3.63) is 201 Å². The molecule has 0 radical (unpaired) electrons. The Labute approximate surface area is 449 Å². The van der Waals surface area contributed by atoms with Crippen LogP contribution in [0.4, 0.5) is 79.0 Å². The summed E-state index contributed by atoms with van der Waals surface area (Å²) in [5, 5.41) is 0. The molecule has 7 aromatic rings. The molecular weight excluding hydrogens is 1120 g/mol. The molecule has 7 aromatic carbocycles. The van der Waals surface area contributed by atoms with Crippen LogP contribution in [0, 0.1) is 69.4 Å². The molecule has 3 heterocycles. The van der Waals surface area contributed by atoms with Crippen molar-refractivity contribution < 1.29 is 103 Å². The number of hydrogen-bond acceptors (Lipinski definition) is 5. The van der Waals surface area contributed by atoms with Crippen molar-refractivity contribution in [1.82, 2.24) is 0 Å². The lowest BCUT2D eigenvalue weighted by Gasteiger charge is -2.52. The second-order valence-corrected chi connectivity index (χ2v) is 19.0. The molecule has 0 aliphatic carbocycles. The van der Waals surface area contributed by atoms with Crippen molar-refractivity contribution >= 4 is 0 Å². The van der Waals surface area contributed by atoms with Crippen LogP contribution in [0.2, 0.25) is 0 Å². The van der Waals surface area contributed by atoms with Gasteiger partial charge in [0.05, 0.1) is 19.8 Å². The second kappa shape index (κ2) is 23.3. The topological polar surface area (TPSA) is 46.2 Å². The van der Waals surface area contributed by atoms with E-state index in [0.29, 0.717) is 55.2 Å². The molecule has 5 nitrogen and oxygen atoms in total. The number of rotatable bonds is 16. The van der Waals surface area contributed by atoms with Gasteiger partial charge < -0.3 is 23.7 Å². The van der Waals surface area contributed by atoms with Crippen molar-refractivity contribution in [2.75, 3.05) is 19.8 Å². The summed E-state index contributed by atoms with van der Waals surface area (Å²) < 4.78 is 279. The first-order valence-corrected chi connectivity index (χ1v) is 24.5. The molecule has 430 valence electrons. The summed E-state index contributed by atoms with van der Waals surface area (Å²) in [5.74, 6) is -23.8. The highest BCUT2D eigenvalue weighted by molar-refractivity contribution is 5.72. The van der Waals surface area contributed by atoms with E-state index in [2.05, 4.69) is 23.3 Å². The minimum Gasteiger partial charge on any atom is -0.429 e. The zero-order valence-corrected chi connectivity index (χ0v) is 42.1. The normalized spacial score (nSPS) is 17.2. The lowest BCUT2D eigenvalue weighted by molar-refractivity contribution is -0.480. The summed E-state index contributed by atoms with van der Waals surface area (Å²) in [5.41, 5.74) is -5.65. The summed E-state index contributed by atoms with van der Waals surface area (Å²) >= 11 is 0. The maximum Gasteiger partial charge on any atom is 0.432 e. The minimum atomic E-state index is -5.48. The Hall–Kier alpha value is -7.24. The van der Waals surface area contributed by atoms with Crippen LogP contribution in [0.5, 0.6) is 11.5 Å². The molecule has 0 atom stereocenters. The molecule has 0 aromatic heterocycles. The Morgan fingerprint density at radius 1 is 0.420 bits per heavy atom. The van der Waals surface area contributed by atoms with Crippen LogP contribution in [0.15, 0.2) is 109 Å². The highest BCUT2D eigenvalue weighted by Gasteiger charge is 2.54. The molecule has 2 bridgehead atoms. The van der Waals surface area contributed by atoms with Crippen molar-refractivity contribution in [2.45, 2.75) is 76.7 Å². The van der Waals surface area contributed by atoms with Crippen LogP contribution < -0.4 is 9.47 Å². The largest absolute Gasteiger partial charge is 0.432 e. The third-order valence-electron chi connectivity index (χ3n) is 13.2. The van der Waals surface area contributed by atoms with Crippen LogP contribution >= 0.6 is 0 Å². The molecule has 3 aliphatic rings. The smallest absolute Gasteiger partial charge is 0.429 e. The predicted octanol–water partition coefficient (Wildman–Crippen LogP) is 17.9. The summed E-state index contributed by atoms with van der Waals surface area (Å²) in [4.78, 5) is 0. The molecule has 23 heteroatoms. The number of hydrogen-bond donors (Lipinski definition) is 0. The first-order chi connectivity index (χ1) is 38.1. The monoisotopic (exact) mass is 1160 g/mol. The Balaban J connectivity index is 0.000000212. The second-order valence-electron chi connectivity index (χ2n) is 19.0. The quantitative estimate of drug-likeness (QED) is 0.0713. The predicted molar refractivity (Wildman–Crippen MR) is 256 cm³/mol. The lowest BCUT2D eigenvalue weighted by Crippen LogP contribution is -2.58. The van der Waals surface area contributed by atoms with Crippen molar-refractivity contribution in [1.29, 1.82) is 0 Å². The Bertz CT molecular complexity index is 3340. The van der Waals surface area contributed by atoms with Gasteiger partial charge in [0.25, 0.3) is 0 Å². The third-order valence-corrected chi connectivity index (χ3v) is 13.2. The Morgan fingerprint density at radius 2 is 0.815 bits per heavy atom. The van der Waals surface area contributed by atoms with Gasteiger partial charge in [-0.2, -0.15) is 30.7 Å². The first-order valence-electron chi connectivity index (χ1n) is 24.5. The van der Waals surface area contributed by atoms with Crippen LogP contribution in [-0.2, 0) is 45.0 Å². The van der Waals surface area contributed by atoms with Gasteiger partial charge in [0.1, 0.15) is 74.7 Å². The van der Waals surface area contributed by atoms with Crippen molar-refractivity contribution in [3.8, 4) is 44.9 Å². The molecule has 3 saturated heterocycles. The minimum absolute atomic E-state index is 0.0912. The standard InChI is InChI=1S/C30H20F10O.C28H22F8O4/c1-2-3-4-16-5-7-17(8-6-16)18-9-10-21(22(31)11-18)19-12-23(32)28(24(33)13-19)30(39,40)41-20-14-25(34)27(26(35)15-20)29(36,37)38;1-2-3-6-26-12-37-28(38-13-26,39-14-26)16-4-5-18(19(29)9-16)15-7-20(30)24(21(31)8-15)27(35,36)40-17-10-22(32)25(34)23(33)11-17/h5-15H,2-4H2,1H3;4-5,7-11H,2-3,6,12-14H2,1H3. The molecule has 81 heavy (non-hydrogen) atoms. The summed E-state index contributed by atoms with van der Waals surface area (Å²) in [6, 6.07) is 16.2. The average Bonchev–Trinajstić information content (AvgIpc) is 3.48. The third kappa shape index (κ3) is 12.8. The zero-order valence-electron chi connectivity index (χ0n) is 42.1. The number of benzene rings is 7. The number of halogens is 18. The highest BCUT2D eigenvalue weighted by Crippen LogP contribution is 2.48. The van der Waals surface area contributed by atoms with Crippen LogP contribution in [0.3, 0.4) is 0 Å². The molecule has 3 fully saturated rings. The van der Waals surface area contributed by atoms with Gasteiger partial charge in [-0.25, -0.2) is 48.3 Å². The van der Waals surface area contributed by atoms with E-state index in [-0.39, 0.29) is 46.4 Å². The van der Waals surface area contributed by atoms with E-state index >= 15 is 4.39 Å². The molecule has 10 rings (SSSR count). The number of fused-ring (bicyclic) bond motifs is 3. The number of aryl methyl sites for hydroxylation is 1. The SMILES string of the molecule is CCCCC12COC(c3ccc(-c4cc(F)c(C(F)(F)Oc5cc(F)c(F)c(F)c5)c(F)c4)c(F)c3)(OC1)OC2.CCCCc1ccc(-c2ccc(-c3cc(F)c(C(F)(F)Oc4cc(F)c(C(F)(F)F)c(F)c4)c(F)c3)c(F)c2)cc1. The fourth-order valence-electron chi connectivity index (χ4n) is 9.01. The molecular formula is C58H42F18O5. The van der Waals surface area contributed by atoms with E-state index < -0.39 is 128 Å². The number of unbranched alkanes of at least 4 members (excludes halogenated alkanes) is 2. The number of ether oxygens (including phenoxy) is 5. The Morgan fingerprint density at radius 3 is 1.23 bits per heavy atom. The molecule has 0 spiro atoms. The number of alkyl halides is 7. The lowest BCUT2D eigenvalue weighted by atomic mass is 9.83. The van der Waals surface area contributed by atoms with Gasteiger partial charge in [-0.3, -0.25) is 0 Å². The van der Waals surface area contributed by atoms with Crippen LogP contribution in [0.25, 0.3) is 33.4 Å². The molecule has 0 N–H and O–H groups in total. The van der Waals surface area contributed by atoms with E-state index in [1.165, 1.54) is 18.2 Å². The van der Waals surface area contributed by atoms with Crippen molar-refractivity contribution in [2.24, 2.45) is 5.41 Å². The van der Waals surface area contributed by atoms with E-state index in [1.807, 2.05) is 12.1 Å². The summed E-state index contributed by atoms with van der Waals surface area (Å²) in [6.45, 7) is 5.13. The van der Waals surface area contributed by atoms with E-state index in [4.69, 9.17) is 14.2 Å². The zero-order chi connectivity index (χ0) is 59.0. The van der Waals surface area contributed by atoms with E-state index in [0.717, 1.165) is 62.3 Å². The Kier molecular flexibility index (Phi) is 17.2. The fraction of sp³-hybridized carbons (Fsp3) is 0.276. The fourth-order valence-corrected chi connectivity index (χ4v) is 9.01. The maximum absolute atomic E-state index is 15.2. The van der Waals surface area contributed by atoms with Gasteiger partial charge in [-0.05, 0) is 83.5 Å². The average molecular weight is 1160 g/mol. The van der Waals surface area contributed by atoms with Gasteiger partial charge in [0, 0.05) is 46.4 Å². The van der Waals surface area contributed by atoms with E-state index in [1.54, 1.807) is 12.1 Å². The van der Waals surface area contributed by atoms with Crippen LogP contribution in [-0.4, -0.2) is 19.8 Å². The summed E-state index contributed by atoms with van der Waals surface area (Å²) in [7, 11) is 0. The molecule has 0 saturated carbocycles. The van der Waals surface area contributed by atoms with E-state index in [9.17, 15) is 74.6 Å². The van der Waals surface area contributed by atoms with Gasteiger partial charge in [0.2, 0.25) is 0 Å². The molecule has 0 unspecified atom stereocenters. The van der Waals surface area contributed by atoms with Gasteiger partial charge in [-0.1, -0.05) is 81.6 Å². The van der Waals surface area contributed by atoms with Crippen molar-refractivity contribution in [3.63, 3.8) is 0 Å². The maximum atomic E-state index is 15.2. The molecule has 0 amide bonds. The van der Waals surface area contributed by atoms with Crippen LogP contribution in [0.1, 0.15) is 73.8 Å². The van der Waals surface area contributed by atoms with Gasteiger partial charge in [-0.15, -0.1) is 0 Å².